The molecule has 2 aromatic rings. The molecule has 1 aliphatic heterocycles. The van der Waals surface area contributed by atoms with Crippen LogP contribution in [0.5, 0.6) is 0 Å². The number of halogens is 2. The van der Waals surface area contributed by atoms with Crippen LogP contribution in [0.1, 0.15) is 24.4 Å². The second kappa shape index (κ2) is 9.46. The molecule has 0 spiro atoms. The molecule has 10 heteroatoms. The molecule has 1 N–H and O–H groups in total. The predicted octanol–water partition coefficient (Wildman–Crippen LogP) is 3.06. The highest BCUT2D eigenvalue weighted by Gasteiger charge is 2.45. The number of carbonyl (C=O) groups is 2. The molecule has 2 heterocycles. The van der Waals surface area contributed by atoms with E-state index in [4.69, 9.17) is 4.74 Å². The SMILES string of the molecule is Cc1cnn([C@H]2C[C@H]3CN(C(=O)Nc4ccc(F)c(F)c4)C[C@H]3C[C@@H]2OCC(=O)N(C)C)c1. The zero-order valence-electron chi connectivity index (χ0n) is 19.0. The molecule has 1 aromatic heterocycles. The highest BCUT2D eigenvalue weighted by atomic mass is 19.2. The van der Waals surface area contributed by atoms with Gasteiger partial charge in [-0.25, -0.2) is 13.6 Å². The first-order chi connectivity index (χ1) is 15.7. The highest BCUT2D eigenvalue weighted by Crippen LogP contribution is 2.42. The molecule has 1 saturated carbocycles. The Hall–Kier alpha value is -3.01. The quantitative estimate of drug-likeness (QED) is 0.742. The number of hydrogen-bond acceptors (Lipinski definition) is 4. The Bertz CT molecular complexity index is 1030. The minimum absolute atomic E-state index is 0.00780. The lowest BCUT2D eigenvalue weighted by Gasteiger charge is -2.37. The number of rotatable bonds is 5. The van der Waals surface area contributed by atoms with Gasteiger partial charge in [0.05, 0.1) is 18.3 Å². The molecule has 2 aliphatic rings. The Balaban J connectivity index is 1.44. The molecule has 178 valence electrons. The zero-order valence-corrected chi connectivity index (χ0v) is 19.0. The van der Waals surface area contributed by atoms with E-state index in [1.54, 1.807) is 25.2 Å². The Morgan fingerprint density at radius 3 is 2.55 bits per heavy atom. The van der Waals surface area contributed by atoms with Crippen LogP contribution in [0, 0.1) is 30.4 Å². The lowest BCUT2D eigenvalue weighted by molar-refractivity contribution is -0.138. The number of ether oxygens (including phenoxy) is 1. The van der Waals surface area contributed by atoms with Crippen LogP contribution in [0.15, 0.2) is 30.6 Å². The molecule has 0 unspecified atom stereocenters. The van der Waals surface area contributed by atoms with Gasteiger partial charge in [-0.15, -0.1) is 0 Å². The molecule has 33 heavy (non-hydrogen) atoms. The van der Waals surface area contributed by atoms with E-state index in [0.717, 1.165) is 24.1 Å². The Kier molecular flexibility index (Phi) is 6.64. The molecular weight excluding hydrogens is 432 g/mol. The standard InChI is InChI=1S/C23H29F2N5O3/c1-14-9-26-30(10-14)20-6-15-11-29(23(32)27-17-4-5-18(24)19(25)8-17)12-16(15)7-21(20)33-13-22(31)28(2)3/h4-5,8-10,15-16,20-21H,6-7,11-13H2,1-3H3,(H,27,32)/t15-,16+,20-,21-/m0/s1. The van der Waals surface area contributed by atoms with Crippen molar-refractivity contribution >= 4 is 17.6 Å². The number of nitrogens with zero attached hydrogens (tertiary/aromatic N) is 4. The van der Waals surface area contributed by atoms with Gasteiger partial charge < -0.3 is 19.9 Å². The van der Waals surface area contributed by atoms with Crippen LogP contribution in [0.2, 0.25) is 0 Å². The molecule has 4 atom stereocenters. The summed E-state index contributed by atoms with van der Waals surface area (Å²) in [7, 11) is 3.38. The first-order valence-corrected chi connectivity index (χ1v) is 11.0. The van der Waals surface area contributed by atoms with Gasteiger partial charge in [0.15, 0.2) is 11.6 Å². The van der Waals surface area contributed by atoms with E-state index in [9.17, 15) is 18.4 Å². The number of amides is 3. The third-order valence-electron chi connectivity index (χ3n) is 6.53. The minimum Gasteiger partial charge on any atom is -0.366 e. The predicted molar refractivity (Wildman–Crippen MR) is 118 cm³/mol. The molecule has 3 amide bonds. The van der Waals surface area contributed by atoms with Crippen molar-refractivity contribution in [2.45, 2.75) is 31.9 Å². The second-order valence-electron chi connectivity index (χ2n) is 9.16. The number of aryl methyl sites for hydroxylation is 1. The Morgan fingerprint density at radius 1 is 1.18 bits per heavy atom. The van der Waals surface area contributed by atoms with Crippen molar-refractivity contribution in [1.29, 1.82) is 0 Å². The summed E-state index contributed by atoms with van der Waals surface area (Å²) >= 11 is 0. The van der Waals surface area contributed by atoms with Crippen LogP contribution >= 0.6 is 0 Å². The van der Waals surface area contributed by atoms with Crippen LogP contribution in [0.3, 0.4) is 0 Å². The van der Waals surface area contributed by atoms with Crippen molar-refractivity contribution in [3.05, 3.63) is 47.8 Å². The van der Waals surface area contributed by atoms with Crippen LogP contribution in [-0.2, 0) is 9.53 Å². The number of nitrogens with one attached hydrogen (secondary N) is 1. The van der Waals surface area contributed by atoms with Crippen molar-refractivity contribution in [3.8, 4) is 0 Å². The monoisotopic (exact) mass is 461 g/mol. The third kappa shape index (κ3) is 5.16. The van der Waals surface area contributed by atoms with Gasteiger partial charge in [0, 0.05) is 45.1 Å². The van der Waals surface area contributed by atoms with Gasteiger partial charge in [-0.3, -0.25) is 9.48 Å². The summed E-state index contributed by atoms with van der Waals surface area (Å²) < 4.78 is 34.6. The highest BCUT2D eigenvalue weighted by molar-refractivity contribution is 5.89. The van der Waals surface area contributed by atoms with Crippen LogP contribution in [0.25, 0.3) is 0 Å². The summed E-state index contributed by atoms with van der Waals surface area (Å²) in [5.74, 6) is -1.61. The van der Waals surface area contributed by atoms with Gasteiger partial charge in [0.2, 0.25) is 5.91 Å². The molecule has 8 nitrogen and oxygen atoms in total. The van der Waals surface area contributed by atoms with Crippen LogP contribution in [-0.4, -0.2) is 71.4 Å². The number of aromatic nitrogens is 2. The van der Waals surface area contributed by atoms with E-state index < -0.39 is 11.6 Å². The number of benzene rings is 1. The molecule has 1 saturated heterocycles. The van der Waals surface area contributed by atoms with E-state index in [0.29, 0.717) is 19.5 Å². The number of fused-ring (bicyclic) bond motifs is 1. The van der Waals surface area contributed by atoms with E-state index in [-0.39, 0.29) is 48.2 Å². The maximum Gasteiger partial charge on any atom is 0.321 e. The fourth-order valence-electron chi connectivity index (χ4n) is 4.71. The lowest BCUT2D eigenvalue weighted by Crippen LogP contribution is -2.40. The molecule has 0 bridgehead atoms. The number of hydrogen-bond donors (Lipinski definition) is 1. The summed E-state index contributed by atoms with van der Waals surface area (Å²) in [6.07, 6.45) is 5.02. The first-order valence-electron chi connectivity index (χ1n) is 11.0. The summed E-state index contributed by atoms with van der Waals surface area (Å²) in [6.45, 7) is 3.05. The topological polar surface area (TPSA) is 79.7 Å². The fraction of sp³-hybridized carbons (Fsp3) is 0.522. The number of likely N-dealkylation sites (tertiary alicyclic amines) is 1. The Labute approximate surface area is 191 Å². The van der Waals surface area contributed by atoms with Gasteiger partial charge in [-0.1, -0.05) is 0 Å². The maximum atomic E-state index is 13.5. The number of anilines is 1. The Morgan fingerprint density at radius 2 is 1.91 bits per heavy atom. The summed E-state index contributed by atoms with van der Waals surface area (Å²) in [5.41, 5.74) is 1.25. The lowest BCUT2D eigenvalue weighted by atomic mass is 9.77. The third-order valence-corrected chi connectivity index (χ3v) is 6.53. The molecule has 4 rings (SSSR count). The van der Waals surface area contributed by atoms with Crippen molar-refractivity contribution in [2.75, 3.05) is 39.1 Å². The minimum atomic E-state index is -1.01. The molecule has 1 aliphatic carbocycles. The van der Waals surface area contributed by atoms with E-state index in [1.165, 1.54) is 11.0 Å². The largest absolute Gasteiger partial charge is 0.366 e. The summed E-state index contributed by atoms with van der Waals surface area (Å²) in [4.78, 5) is 28.1. The van der Waals surface area contributed by atoms with E-state index in [2.05, 4.69) is 10.4 Å². The fourth-order valence-corrected chi connectivity index (χ4v) is 4.71. The normalized spacial score (nSPS) is 24.5. The van der Waals surface area contributed by atoms with Gasteiger partial charge in [-0.05, 0) is 49.3 Å². The average Bonchev–Trinajstić information content (AvgIpc) is 3.39. The van der Waals surface area contributed by atoms with Gasteiger partial charge in [0.25, 0.3) is 0 Å². The summed E-state index contributed by atoms with van der Waals surface area (Å²) in [5, 5.41) is 7.13. The number of likely N-dealkylation sites (N-methyl/N-ethyl adjacent to an activating group) is 1. The zero-order chi connectivity index (χ0) is 23.7. The van der Waals surface area contributed by atoms with Gasteiger partial charge >= 0.3 is 6.03 Å². The summed E-state index contributed by atoms with van der Waals surface area (Å²) in [6, 6.07) is 2.91. The molecule has 0 radical (unpaired) electrons. The van der Waals surface area contributed by atoms with Crippen molar-refractivity contribution in [3.63, 3.8) is 0 Å². The average molecular weight is 462 g/mol. The molecule has 2 fully saturated rings. The number of urea groups is 1. The first kappa shape index (κ1) is 23.2. The van der Waals surface area contributed by atoms with E-state index in [1.807, 2.05) is 17.8 Å². The maximum absolute atomic E-state index is 13.5. The number of carbonyl (C=O) groups excluding carboxylic acids is 2. The van der Waals surface area contributed by atoms with E-state index >= 15 is 0 Å². The van der Waals surface area contributed by atoms with Gasteiger partial charge in [0.1, 0.15) is 6.61 Å². The second-order valence-corrected chi connectivity index (χ2v) is 9.16. The van der Waals surface area contributed by atoms with Crippen molar-refractivity contribution < 1.29 is 23.1 Å². The molecular formula is C23H29F2N5O3. The van der Waals surface area contributed by atoms with Gasteiger partial charge in [-0.2, -0.15) is 5.10 Å². The van der Waals surface area contributed by atoms with Crippen LogP contribution in [0.4, 0.5) is 19.3 Å². The van der Waals surface area contributed by atoms with Crippen LogP contribution < -0.4 is 5.32 Å². The van der Waals surface area contributed by atoms with Crippen molar-refractivity contribution in [1.82, 2.24) is 19.6 Å². The smallest absolute Gasteiger partial charge is 0.321 e. The molecule has 1 aromatic carbocycles. The van der Waals surface area contributed by atoms with Crippen molar-refractivity contribution in [2.24, 2.45) is 11.8 Å².